The molecule has 4 nitrogen and oxygen atoms in total. The Labute approximate surface area is 95.4 Å². The molecule has 4 heteroatoms. The average Bonchev–Trinajstić information content (AvgIpc) is 3.06. The van der Waals surface area contributed by atoms with Gasteiger partial charge in [-0.15, -0.1) is 0 Å². The highest BCUT2D eigenvalue weighted by molar-refractivity contribution is 5.91. The molecule has 0 radical (unpaired) electrons. The molecule has 0 aromatic rings. The lowest BCUT2D eigenvalue weighted by Crippen LogP contribution is -2.49. The minimum absolute atomic E-state index is 0.0389. The summed E-state index contributed by atoms with van der Waals surface area (Å²) in [5, 5.41) is 2.89. The maximum atomic E-state index is 12.4. The lowest BCUT2D eigenvalue weighted by atomic mass is 10.1. The molecule has 1 aliphatic heterocycles. The zero-order valence-corrected chi connectivity index (χ0v) is 9.66. The molecule has 1 N–H and O–H groups in total. The molecular formula is C12H18N2O2. The number of hydrogen-bond acceptors (Lipinski definition) is 2. The van der Waals surface area contributed by atoms with E-state index in [9.17, 15) is 9.59 Å². The van der Waals surface area contributed by atoms with E-state index in [2.05, 4.69) is 12.2 Å². The van der Waals surface area contributed by atoms with Crippen molar-refractivity contribution in [3.05, 3.63) is 0 Å². The minimum Gasteiger partial charge on any atom is -0.344 e. The Morgan fingerprint density at radius 2 is 2.00 bits per heavy atom. The van der Waals surface area contributed by atoms with Gasteiger partial charge < -0.3 is 10.2 Å². The Balaban J connectivity index is 1.83. The van der Waals surface area contributed by atoms with Crippen LogP contribution in [-0.2, 0) is 9.59 Å². The van der Waals surface area contributed by atoms with Crippen molar-refractivity contribution in [1.82, 2.24) is 10.2 Å². The van der Waals surface area contributed by atoms with Gasteiger partial charge in [0, 0.05) is 18.5 Å². The van der Waals surface area contributed by atoms with Gasteiger partial charge in [0.1, 0.15) is 6.04 Å². The number of nitrogens with zero attached hydrogens (tertiary/aromatic N) is 1. The first-order valence-electron chi connectivity index (χ1n) is 6.21. The molecule has 0 aromatic heterocycles. The molecule has 0 spiro atoms. The van der Waals surface area contributed by atoms with Gasteiger partial charge in [-0.2, -0.15) is 0 Å². The molecule has 1 atom stereocenters. The topological polar surface area (TPSA) is 49.4 Å². The molecule has 3 aliphatic rings. The highest BCUT2D eigenvalue weighted by Gasteiger charge is 2.50. The fourth-order valence-corrected chi connectivity index (χ4v) is 2.53. The van der Waals surface area contributed by atoms with Gasteiger partial charge in [-0.3, -0.25) is 9.59 Å². The van der Waals surface area contributed by atoms with Gasteiger partial charge in [0.15, 0.2) is 0 Å². The third-order valence-electron chi connectivity index (χ3n) is 4.13. The van der Waals surface area contributed by atoms with Crippen LogP contribution in [0.2, 0.25) is 0 Å². The van der Waals surface area contributed by atoms with Crippen LogP contribution in [0.25, 0.3) is 0 Å². The van der Waals surface area contributed by atoms with Crippen LogP contribution in [0.4, 0.5) is 0 Å². The Hall–Kier alpha value is -1.06. The molecule has 2 amide bonds. The van der Waals surface area contributed by atoms with Crippen molar-refractivity contribution in [2.75, 3.05) is 6.54 Å². The molecule has 0 bridgehead atoms. The highest BCUT2D eigenvalue weighted by Crippen LogP contribution is 2.43. The van der Waals surface area contributed by atoms with Crippen LogP contribution in [0, 0.1) is 5.92 Å². The minimum atomic E-state index is -0.229. The summed E-state index contributed by atoms with van der Waals surface area (Å²) in [5.41, 5.74) is 0.0521. The third-order valence-corrected chi connectivity index (χ3v) is 4.13. The summed E-state index contributed by atoms with van der Waals surface area (Å²) in [6, 6.07) is -0.229. The summed E-state index contributed by atoms with van der Waals surface area (Å²) in [6.45, 7) is 2.73. The van der Waals surface area contributed by atoms with Gasteiger partial charge in [-0.25, -0.2) is 0 Å². The van der Waals surface area contributed by atoms with Crippen molar-refractivity contribution in [2.24, 2.45) is 5.92 Å². The lowest BCUT2D eigenvalue weighted by molar-refractivity contribution is -0.136. The van der Waals surface area contributed by atoms with Crippen molar-refractivity contribution in [3.63, 3.8) is 0 Å². The molecule has 3 fully saturated rings. The normalized spacial score (nSPS) is 33.3. The first-order valence-corrected chi connectivity index (χ1v) is 6.21. The Morgan fingerprint density at radius 3 is 2.56 bits per heavy atom. The maximum absolute atomic E-state index is 12.4. The number of amides is 2. The summed E-state index contributed by atoms with van der Waals surface area (Å²) in [5.74, 6) is 0.602. The summed E-state index contributed by atoms with van der Waals surface area (Å²) in [7, 11) is 0. The quantitative estimate of drug-likeness (QED) is 0.746. The van der Waals surface area contributed by atoms with Crippen LogP contribution < -0.4 is 5.32 Å². The van der Waals surface area contributed by atoms with E-state index in [0.717, 1.165) is 25.7 Å². The van der Waals surface area contributed by atoms with Crippen molar-refractivity contribution in [1.29, 1.82) is 0 Å². The second kappa shape index (κ2) is 3.22. The highest BCUT2D eigenvalue weighted by atomic mass is 16.2. The second-order valence-electron chi connectivity index (χ2n) is 5.62. The molecule has 3 rings (SSSR count). The van der Waals surface area contributed by atoms with Gasteiger partial charge in [0.05, 0.1) is 0 Å². The smallest absolute Gasteiger partial charge is 0.245 e. The predicted molar refractivity (Wildman–Crippen MR) is 58.6 cm³/mol. The molecule has 2 aliphatic carbocycles. The molecule has 1 unspecified atom stereocenters. The van der Waals surface area contributed by atoms with Crippen molar-refractivity contribution < 1.29 is 9.59 Å². The van der Waals surface area contributed by atoms with E-state index in [0.29, 0.717) is 18.9 Å². The molecule has 2 saturated carbocycles. The van der Waals surface area contributed by atoms with Crippen molar-refractivity contribution in [3.8, 4) is 0 Å². The average molecular weight is 222 g/mol. The summed E-state index contributed by atoms with van der Waals surface area (Å²) < 4.78 is 0. The van der Waals surface area contributed by atoms with Gasteiger partial charge in [-0.05, 0) is 38.5 Å². The van der Waals surface area contributed by atoms with E-state index in [1.165, 1.54) is 0 Å². The van der Waals surface area contributed by atoms with E-state index in [-0.39, 0.29) is 23.4 Å². The van der Waals surface area contributed by atoms with E-state index < -0.39 is 0 Å². The van der Waals surface area contributed by atoms with Gasteiger partial charge in [-0.1, -0.05) is 0 Å². The van der Waals surface area contributed by atoms with E-state index in [4.69, 9.17) is 0 Å². The summed E-state index contributed by atoms with van der Waals surface area (Å²) in [4.78, 5) is 25.9. The van der Waals surface area contributed by atoms with Crippen LogP contribution in [0.3, 0.4) is 0 Å². The number of hydrogen-bond donors (Lipinski definition) is 1. The molecule has 88 valence electrons. The first-order chi connectivity index (χ1) is 7.60. The Kier molecular flexibility index (Phi) is 2.03. The molecule has 1 heterocycles. The zero-order valence-electron chi connectivity index (χ0n) is 9.66. The lowest BCUT2D eigenvalue weighted by Gasteiger charge is -2.30. The zero-order chi connectivity index (χ0) is 11.3. The number of rotatable bonds is 2. The van der Waals surface area contributed by atoms with Crippen LogP contribution >= 0.6 is 0 Å². The SMILES string of the molecule is CC1(N2CCC(=O)NC(C3CC3)C2=O)CC1. The van der Waals surface area contributed by atoms with Crippen LogP contribution in [0.5, 0.6) is 0 Å². The van der Waals surface area contributed by atoms with Gasteiger partial charge in [0.25, 0.3) is 0 Å². The van der Waals surface area contributed by atoms with E-state index in [1.807, 2.05) is 4.90 Å². The third kappa shape index (κ3) is 1.60. The van der Waals surface area contributed by atoms with Crippen LogP contribution in [0.1, 0.15) is 39.0 Å². The van der Waals surface area contributed by atoms with Crippen LogP contribution in [0.15, 0.2) is 0 Å². The molecular weight excluding hydrogens is 204 g/mol. The van der Waals surface area contributed by atoms with Gasteiger partial charge in [0.2, 0.25) is 11.8 Å². The van der Waals surface area contributed by atoms with Gasteiger partial charge >= 0.3 is 0 Å². The molecule has 1 saturated heterocycles. The predicted octanol–water partition coefficient (Wildman–Crippen LogP) is 0.666. The maximum Gasteiger partial charge on any atom is 0.245 e. The standard InChI is InChI=1S/C12H18N2O2/c1-12(5-6-12)14-7-4-9(15)13-10(11(14)16)8-2-3-8/h8,10H,2-7H2,1H3,(H,13,15). The fraction of sp³-hybridized carbons (Fsp3) is 0.833. The Morgan fingerprint density at radius 1 is 1.31 bits per heavy atom. The molecule has 16 heavy (non-hydrogen) atoms. The fourth-order valence-electron chi connectivity index (χ4n) is 2.53. The van der Waals surface area contributed by atoms with Crippen molar-refractivity contribution in [2.45, 2.75) is 50.6 Å². The largest absolute Gasteiger partial charge is 0.344 e. The van der Waals surface area contributed by atoms with Crippen LogP contribution in [-0.4, -0.2) is 34.8 Å². The van der Waals surface area contributed by atoms with E-state index >= 15 is 0 Å². The number of carbonyl (C=O) groups excluding carboxylic acids is 2. The number of nitrogens with one attached hydrogen (secondary N) is 1. The van der Waals surface area contributed by atoms with Crippen molar-refractivity contribution >= 4 is 11.8 Å². The summed E-state index contributed by atoms with van der Waals surface area (Å²) >= 11 is 0. The second-order valence-corrected chi connectivity index (χ2v) is 5.62. The number of carbonyl (C=O) groups is 2. The van der Waals surface area contributed by atoms with E-state index in [1.54, 1.807) is 0 Å². The first kappa shape index (κ1) is 10.1. The Bertz CT molecular complexity index is 345. The monoisotopic (exact) mass is 222 g/mol. The molecule has 0 aromatic carbocycles. The summed E-state index contributed by atoms with van der Waals surface area (Å²) in [6.07, 6.45) is 4.81.